The third-order valence-electron chi connectivity index (χ3n) is 3.70. The van der Waals surface area contributed by atoms with E-state index >= 15 is 0 Å². The average Bonchev–Trinajstić information content (AvgIpc) is 2.75. The topological polar surface area (TPSA) is 49.4 Å². The van der Waals surface area contributed by atoms with Crippen molar-refractivity contribution in [2.75, 3.05) is 23.1 Å². The monoisotopic (exact) mass is 296 g/mol. The van der Waals surface area contributed by atoms with Gasteiger partial charge in [0, 0.05) is 6.04 Å². The van der Waals surface area contributed by atoms with E-state index in [0.29, 0.717) is 6.42 Å². The number of para-hydroxylation sites is 1. The lowest BCUT2D eigenvalue weighted by atomic mass is 10.1. The fraction of sp³-hybridized carbons (Fsp3) is 0.600. The van der Waals surface area contributed by atoms with Gasteiger partial charge in [0.15, 0.2) is 0 Å². The van der Waals surface area contributed by atoms with Gasteiger partial charge < -0.3 is 5.32 Å². The first-order valence-electron chi connectivity index (χ1n) is 7.37. The lowest BCUT2D eigenvalue weighted by molar-refractivity contribution is 0.577. The van der Waals surface area contributed by atoms with Crippen LogP contribution < -0.4 is 9.62 Å². The zero-order valence-electron chi connectivity index (χ0n) is 12.3. The summed E-state index contributed by atoms with van der Waals surface area (Å²) in [5.41, 5.74) is 2.00. The standard InChI is InChI=1S/C15H24N2O2S/c1-3-16-10-6-7-11-20(18,19)17-13(2)12-14-8-4-5-9-15(14)17/h4-5,8-9,13,16H,3,6-7,10-12H2,1-2H3. The number of nitrogens with one attached hydrogen (secondary N) is 1. The first-order valence-corrected chi connectivity index (χ1v) is 8.98. The maximum atomic E-state index is 12.5. The predicted molar refractivity (Wildman–Crippen MR) is 83.7 cm³/mol. The Morgan fingerprint density at radius 2 is 2.05 bits per heavy atom. The zero-order chi connectivity index (χ0) is 14.6. The molecule has 1 atom stereocenters. The molecule has 1 aromatic carbocycles. The highest BCUT2D eigenvalue weighted by molar-refractivity contribution is 7.92. The Kier molecular flexibility index (Phi) is 5.05. The van der Waals surface area contributed by atoms with E-state index in [1.54, 1.807) is 4.31 Å². The second-order valence-corrected chi connectivity index (χ2v) is 7.32. The molecule has 0 spiro atoms. The Morgan fingerprint density at radius 3 is 2.80 bits per heavy atom. The molecule has 2 rings (SSSR count). The van der Waals surface area contributed by atoms with Gasteiger partial charge in [0.1, 0.15) is 0 Å². The van der Waals surface area contributed by atoms with Crippen molar-refractivity contribution in [2.45, 2.75) is 39.2 Å². The van der Waals surface area contributed by atoms with Crippen molar-refractivity contribution in [3.05, 3.63) is 29.8 Å². The quantitative estimate of drug-likeness (QED) is 0.784. The first-order chi connectivity index (χ1) is 9.56. The van der Waals surface area contributed by atoms with Crippen LogP contribution in [0.3, 0.4) is 0 Å². The highest BCUT2D eigenvalue weighted by Gasteiger charge is 2.34. The van der Waals surface area contributed by atoms with Crippen LogP contribution in [-0.2, 0) is 16.4 Å². The molecule has 0 fully saturated rings. The van der Waals surface area contributed by atoms with E-state index in [-0.39, 0.29) is 11.8 Å². The second kappa shape index (κ2) is 6.59. The molecular formula is C15H24N2O2S. The number of fused-ring (bicyclic) bond motifs is 1. The molecular weight excluding hydrogens is 272 g/mol. The number of anilines is 1. The van der Waals surface area contributed by atoms with Crippen molar-refractivity contribution in [3.63, 3.8) is 0 Å². The molecule has 0 saturated heterocycles. The maximum Gasteiger partial charge on any atom is 0.235 e. The molecule has 1 aromatic rings. The van der Waals surface area contributed by atoms with Crippen LogP contribution >= 0.6 is 0 Å². The fourth-order valence-electron chi connectivity index (χ4n) is 2.77. The summed E-state index contributed by atoms with van der Waals surface area (Å²) in [6.07, 6.45) is 2.42. The van der Waals surface area contributed by atoms with E-state index in [1.807, 2.05) is 31.2 Å². The Morgan fingerprint density at radius 1 is 1.30 bits per heavy atom. The van der Waals surface area contributed by atoms with Crippen molar-refractivity contribution < 1.29 is 8.42 Å². The van der Waals surface area contributed by atoms with Crippen LogP contribution in [0.1, 0.15) is 32.3 Å². The van der Waals surface area contributed by atoms with Gasteiger partial charge in [-0.1, -0.05) is 25.1 Å². The number of nitrogens with zero attached hydrogens (tertiary/aromatic N) is 1. The molecule has 4 nitrogen and oxygen atoms in total. The molecule has 1 unspecified atom stereocenters. The van der Waals surface area contributed by atoms with E-state index in [0.717, 1.165) is 37.2 Å². The predicted octanol–water partition coefficient (Wildman–Crippen LogP) is 2.16. The Labute approximate surface area is 122 Å². The first kappa shape index (κ1) is 15.3. The summed E-state index contributed by atoms with van der Waals surface area (Å²) in [6, 6.07) is 7.84. The molecule has 1 aliphatic rings. The minimum Gasteiger partial charge on any atom is -0.317 e. The van der Waals surface area contributed by atoms with Gasteiger partial charge in [-0.15, -0.1) is 0 Å². The van der Waals surface area contributed by atoms with Gasteiger partial charge in [0.25, 0.3) is 0 Å². The lowest BCUT2D eigenvalue weighted by Crippen LogP contribution is -2.37. The minimum atomic E-state index is -3.20. The molecule has 1 N–H and O–H groups in total. The van der Waals surface area contributed by atoms with E-state index in [4.69, 9.17) is 0 Å². The molecule has 112 valence electrons. The van der Waals surface area contributed by atoms with Crippen LogP contribution in [0.15, 0.2) is 24.3 Å². The largest absolute Gasteiger partial charge is 0.317 e. The van der Waals surface area contributed by atoms with Crippen LogP contribution in [0.4, 0.5) is 5.69 Å². The Hall–Kier alpha value is -1.07. The molecule has 0 aromatic heterocycles. The normalized spacial score (nSPS) is 18.3. The molecule has 1 heterocycles. The molecule has 0 aliphatic carbocycles. The van der Waals surface area contributed by atoms with Gasteiger partial charge in [-0.25, -0.2) is 8.42 Å². The molecule has 0 radical (unpaired) electrons. The Bertz CT molecular complexity index is 543. The van der Waals surface area contributed by atoms with Crippen LogP contribution in [-0.4, -0.2) is 33.3 Å². The summed E-state index contributed by atoms with van der Waals surface area (Å²) in [7, 11) is -3.20. The van der Waals surface area contributed by atoms with Gasteiger partial charge in [0.05, 0.1) is 11.4 Å². The summed E-state index contributed by atoms with van der Waals surface area (Å²) in [4.78, 5) is 0. The van der Waals surface area contributed by atoms with Crippen LogP contribution in [0.5, 0.6) is 0 Å². The summed E-state index contributed by atoms with van der Waals surface area (Å²) in [5.74, 6) is 0.233. The van der Waals surface area contributed by atoms with Crippen molar-refractivity contribution in [3.8, 4) is 0 Å². The van der Waals surface area contributed by atoms with Crippen LogP contribution in [0, 0.1) is 0 Å². The summed E-state index contributed by atoms with van der Waals surface area (Å²) < 4.78 is 26.7. The molecule has 0 amide bonds. The van der Waals surface area contributed by atoms with Gasteiger partial charge in [-0.05, 0) is 50.9 Å². The number of hydrogen-bond donors (Lipinski definition) is 1. The number of rotatable bonds is 7. The van der Waals surface area contributed by atoms with E-state index in [2.05, 4.69) is 12.2 Å². The third-order valence-corrected chi connectivity index (χ3v) is 5.66. The summed E-state index contributed by atoms with van der Waals surface area (Å²) in [5, 5.41) is 3.22. The number of sulfonamides is 1. The van der Waals surface area contributed by atoms with Gasteiger partial charge in [-0.3, -0.25) is 4.31 Å². The van der Waals surface area contributed by atoms with Crippen molar-refractivity contribution in [1.29, 1.82) is 0 Å². The fourth-order valence-corrected chi connectivity index (χ4v) is 4.64. The second-order valence-electron chi connectivity index (χ2n) is 5.35. The number of unbranched alkanes of at least 4 members (excludes halogenated alkanes) is 1. The van der Waals surface area contributed by atoms with E-state index < -0.39 is 10.0 Å². The maximum absolute atomic E-state index is 12.5. The van der Waals surface area contributed by atoms with Crippen LogP contribution in [0.25, 0.3) is 0 Å². The van der Waals surface area contributed by atoms with Crippen molar-refractivity contribution in [2.24, 2.45) is 0 Å². The summed E-state index contributed by atoms with van der Waals surface area (Å²) in [6.45, 7) is 5.86. The summed E-state index contributed by atoms with van der Waals surface area (Å²) >= 11 is 0. The SMILES string of the molecule is CCNCCCCS(=O)(=O)N1c2ccccc2CC1C. The molecule has 0 saturated carbocycles. The van der Waals surface area contributed by atoms with Gasteiger partial charge >= 0.3 is 0 Å². The average molecular weight is 296 g/mol. The van der Waals surface area contributed by atoms with E-state index in [9.17, 15) is 8.42 Å². The molecule has 20 heavy (non-hydrogen) atoms. The molecule has 1 aliphatic heterocycles. The highest BCUT2D eigenvalue weighted by Crippen LogP contribution is 2.34. The van der Waals surface area contributed by atoms with Gasteiger partial charge in [0.2, 0.25) is 10.0 Å². The highest BCUT2D eigenvalue weighted by atomic mass is 32.2. The van der Waals surface area contributed by atoms with E-state index in [1.165, 1.54) is 0 Å². The number of benzene rings is 1. The number of hydrogen-bond acceptors (Lipinski definition) is 3. The Balaban J connectivity index is 2.02. The molecule has 0 bridgehead atoms. The molecule has 5 heteroatoms. The third kappa shape index (κ3) is 3.33. The van der Waals surface area contributed by atoms with Crippen molar-refractivity contribution in [1.82, 2.24) is 5.32 Å². The van der Waals surface area contributed by atoms with Gasteiger partial charge in [-0.2, -0.15) is 0 Å². The minimum absolute atomic E-state index is 0.0335. The van der Waals surface area contributed by atoms with Crippen molar-refractivity contribution >= 4 is 15.7 Å². The lowest BCUT2D eigenvalue weighted by Gasteiger charge is -2.24. The zero-order valence-corrected chi connectivity index (χ0v) is 13.1. The smallest absolute Gasteiger partial charge is 0.235 e. The van der Waals surface area contributed by atoms with Crippen LogP contribution in [0.2, 0.25) is 0 Å².